The minimum absolute atomic E-state index is 0.851. The highest BCUT2D eigenvalue weighted by atomic mass is 16.5. The molecule has 0 spiro atoms. The van der Waals surface area contributed by atoms with Crippen molar-refractivity contribution in [2.75, 3.05) is 14.2 Å². The molecule has 0 atom stereocenters. The van der Waals surface area contributed by atoms with Crippen LogP contribution in [0.2, 0.25) is 0 Å². The van der Waals surface area contributed by atoms with Crippen molar-refractivity contribution >= 4 is 0 Å². The van der Waals surface area contributed by atoms with Crippen LogP contribution in [0.25, 0.3) is 22.6 Å². The molecule has 1 heterocycles. The molecule has 0 fully saturated rings. The molecule has 0 amide bonds. The first-order valence-electron chi connectivity index (χ1n) is 7.52. The van der Waals surface area contributed by atoms with Gasteiger partial charge in [0.25, 0.3) is 0 Å². The molecular formula is C20H20O3. The molecule has 0 N–H and O–H groups in total. The molecule has 3 rings (SSSR count). The van der Waals surface area contributed by atoms with Crippen LogP contribution in [0.4, 0.5) is 0 Å². The van der Waals surface area contributed by atoms with E-state index < -0.39 is 0 Å². The molecule has 0 saturated carbocycles. The zero-order valence-electron chi connectivity index (χ0n) is 13.8. The zero-order valence-corrected chi connectivity index (χ0v) is 13.8. The monoisotopic (exact) mass is 308 g/mol. The Hall–Kier alpha value is -2.68. The number of hydrogen-bond donors (Lipinski definition) is 0. The molecule has 1 aromatic heterocycles. The maximum absolute atomic E-state index is 6.08. The summed E-state index contributed by atoms with van der Waals surface area (Å²) in [6, 6.07) is 16.0. The summed E-state index contributed by atoms with van der Waals surface area (Å²) in [7, 11) is 3.35. The predicted molar refractivity (Wildman–Crippen MR) is 92.2 cm³/mol. The largest absolute Gasteiger partial charge is 0.497 e. The van der Waals surface area contributed by atoms with Crippen LogP contribution in [0.3, 0.4) is 0 Å². The van der Waals surface area contributed by atoms with Crippen molar-refractivity contribution in [1.29, 1.82) is 0 Å². The molecule has 3 nitrogen and oxygen atoms in total. The highest BCUT2D eigenvalue weighted by Gasteiger charge is 2.11. The van der Waals surface area contributed by atoms with Crippen molar-refractivity contribution in [3.8, 4) is 34.1 Å². The SMILES string of the molecule is COc1ccc(-c2ccc(-c3ccc(OC)cc3C)o2)c(C)c1. The van der Waals surface area contributed by atoms with Crippen molar-refractivity contribution in [3.05, 3.63) is 59.7 Å². The number of ether oxygens (including phenoxy) is 2. The lowest BCUT2D eigenvalue weighted by Crippen LogP contribution is -1.87. The Morgan fingerprint density at radius 1 is 0.652 bits per heavy atom. The van der Waals surface area contributed by atoms with E-state index in [1.807, 2.05) is 48.5 Å². The molecule has 0 unspecified atom stereocenters. The van der Waals surface area contributed by atoms with Crippen LogP contribution < -0.4 is 9.47 Å². The summed E-state index contributed by atoms with van der Waals surface area (Å²) >= 11 is 0. The van der Waals surface area contributed by atoms with Gasteiger partial charge in [-0.05, 0) is 73.5 Å². The Labute approximate surface area is 136 Å². The molecular weight excluding hydrogens is 288 g/mol. The Morgan fingerprint density at radius 2 is 1.09 bits per heavy atom. The Morgan fingerprint density at radius 3 is 1.43 bits per heavy atom. The Balaban J connectivity index is 1.97. The van der Waals surface area contributed by atoms with Gasteiger partial charge in [-0.15, -0.1) is 0 Å². The summed E-state index contributed by atoms with van der Waals surface area (Å²) in [5, 5.41) is 0. The summed E-state index contributed by atoms with van der Waals surface area (Å²) in [6.45, 7) is 4.11. The van der Waals surface area contributed by atoms with Crippen molar-refractivity contribution in [2.24, 2.45) is 0 Å². The first-order valence-corrected chi connectivity index (χ1v) is 7.52. The van der Waals surface area contributed by atoms with Gasteiger partial charge in [-0.2, -0.15) is 0 Å². The van der Waals surface area contributed by atoms with Crippen molar-refractivity contribution in [3.63, 3.8) is 0 Å². The van der Waals surface area contributed by atoms with E-state index >= 15 is 0 Å². The van der Waals surface area contributed by atoms with Gasteiger partial charge >= 0.3 is 0 Å². The number of rotatable bonds is 4. The molecule has 0 bridgehead atoms. The molecule has 2 aromatic carbocycles. The molecule has 0 radical (unpaired) electrons. The lowest BCUT2D eigenvalue weighted by atomic mass is 10.1. The fraction of sp³-hybridized carbons (Fsp3) is 0.200. The third kappa shape index (κ3) is 2.95. The van der Waals surface area contributed by atoms with Gasteiger partial charge in [0.2, 0.25) is 0 Å². The molecule has 3 heteroatoms. The highest BCUT2D eigenvalue weighted by molar-refractivity contribution is 5.69. The smallest absolute Gasteiger partial charge is 0.135 e. The molecule has 23 heavy (non-hydrogen) atoms. The second-order valence-corrected chi connectivity index (χ2v) is 5.53. The second kappa shape index (κ2) is 6.21. The lowest BCUT2D eigenvalue weighted by molar-refractivity contribution is 0.414. The normalized spacial score (nSPS) is 10.6. The van der Waals surface area contributed by atoms with E-state index in [-0.39, 0.29) is 0 Å². The average Bonchev–Trinajstić information content (AvgIpc) is 3.03. The summed E-state index contributed by atoms with van der Waals surface area (Å²) in [5.41, 5.74) is 4.39. The predicted octanol–water partition coefficient (Wildman–Crippen LogP) is 5.25. The number of methoxy groups -OCH3 is 2. The summed E-state index contributed by atoms with van der Waals surface area (Å²) in [4.78, 5) is 0. The molecule has 0 aliphatic rings. The van der Waals surface area contributed by atoms with Crippen molar-refractivity contribution in [1.82, 2.24) is 0 Å². The number of hydrogen-bond acceptors (Lipinski definition) is 3. The number of benzene rings is 2. The van der Waals surface area contributed by atoms with Gasteiger partial charge in [-0.3, -0.25) is 0 Å². The van der Waals surface area contributed by atoms with Crippen LogP contribution in [0.15, 0.2) is 52.9 Å². The molecule has 0 aliphatic heterocycles. The molecule has 0 saturated heterocycles. The standard InChI is InChI=1S/C20H20O3/c1-13-11-15(21-3)5-7-17(13)19-9-10-20(23-19)18-8-6-16(22-4)12-14(18)2/h5-12H,1-4H3. The minimum Gasteiger partial charge on any atom is -0.497 e. The van der Waals surface area contributed by atoms with E-state index in [1.54, 1.807) is 14.2 Å². The van der Waals surface area contributed by atoms with Crippen LogP contribution in [-0.4, -0.2) is 14.2 Å². The van der Waals surface area contributed by atoms with Crippen molar-refractivity contribution in [2.45, 2.75) is 13.8 Å². The van der Waals surface area contributed by atoms with Gasteiger partial charge in [0, 0.05) is 11.1 Å². The average molecular weight is 308 g/mol. The summed E-state index contributed by atoms with van der Waals surface area (Å²) in [6.07, 6.45) is 0. The van der Waals surface area contributed by atoms with Crippen LogP contribution in [0.5, 0.6) is 11.5 Å². The fourth-order valence-electron chi connectivity index (χ4n) is 2.71. The quantitative estimate of drug-likeness (QED) is 0.660. The minimum atomic E-state index is 0.851. The van der Waals surface area contributed by atoms with Crippen LogP contribution in [-0.2, 0) is 0 Å². The Kier molecular flexibility index (Phi) is 4.11. The summed E-state index contributed by atoms with van der Waals surface area (Å²) < 4.78 is 16.6. The van der Waals surface area contributed by atoms with E-state index in [0.717, 1.165) is 45.3 Å². The Bertz CT molecular complexity index is 763. The van der Waals surface area contributed by atoms with Crippen LogP contribution in [0, 0.1) is 13.8 Å². The van der Waals surface area contributed by atoms with E-state index in [0.29, 0.717) is 0 Å². The maximum Gasteiger partial charge on any atom is 0.135 e. The van der Waals surface area contributed by atoms with Crippen LogP contribution in [0.1, 0.15) is 11.1 Å². The van der Waals surface area contributed by atoms with E-state index in [1.165, 1.54) is 0 Å². The number of aryl methyl sites for hydroxylation is 2. The third-order valence-electron chi connectivity index (χ3n) is 4.00. The third-order valence-corrected chi connectivity index (χ3v) is 4.00. The van der Waals surface area contributed by atoms with Gasteiger partial charge in [0.1, 0.15) is 23.0 Å². The first-order chi connectivity index (χ1) is 11.1. The van der Waals surface area contributed by atoms with Crippen molar-refractivity contribution < 1.29 is 13.9 Å². The lowest BCUT2D eigenvalue weighted by Gasteiger charge is -2.07. The van der Waals surface area contributed by atoms with Gasteiger partial charge in [-0.25, -0.2) is 0 Å². The van der Waals surface area contributed by atoms with Gasteiger partial charge in [0.05, 0.1) is 14.2 Å². The van der Waals surface area contributed by atoms with Gasteiger partial charge in [0.15, 0.2) is 0 Å². The van der Waals surface area contributed by atoms with E-state index in [4.69, 9.17) is 13.9 Å². The number of furan rings is 1. The molecule has 3 aromatic rings. The van der Waals surface area contributed by atoms with Crippen LogP contribution >= 0.6 is 0 Å². The topological polar surface area (TPSA) is 31.6 Å². The van der Waals surface area contributed by atoms with E-state index in [9.17, 15) is 0 Å². The molecule has 118 valence electrons. The van der Waals surface area contributed by atoms with Gasteiger partial charge < -0.3 is 13.9 Å². The second-order valence-electron chi connectivity index (χ2n) is 5.53. The first kappa shape index (κ1) is 15.2. The zero-order chi connectivity index (χ0) is 16.4. The fourth-order valence-corrected chi connectivity index (χ4v) is 2.71. The highest BCUT2D eigenvalue weighted by Crippen LogP contribution is 2.34. The van der Waals surface area contributed by atoms with Gasteiger partial charge in [-0.1, -0.05) is 0 Å². The van der Waals surface area contributed by atoms with E-state index in [2.05, 4.69) is 13.8 Å². The maximum atomic E-state index is 6.08. The molecule has 0 aliphatic carbocycles. The summed E-state index contributed by atoms with van der Waals surface area (Å²) in [5.74, 6) is 3.42.